The van der Waals surface area contributed by atoms with Crippen LogP contribution in [0.2, 0.25) is 5.02 Å². The zero-order valence-corrected chi connectivity index (χ0v) is 12.5. The van der Waals surface area contributed by atoms with Gasteiger partial charge in [-0.2, -0.15) is 9.78 Å². The second kappa shape index (κ2) is 5.04. The molecule has 0 spiro atoms. The van der Waals surface area contributed by atoms with E-state index in [4.69, 9.17) is 16.3 Å². The molecule has 0 radical (unpaired) electrons. The third kappa shape index (κ3) is 2.58. The molecule has 0 fully saturated rings. The number of aromatic nitrogens is 3. The molecular weight excluding hydrogens is 292 g/mol. The first-order valence-corrected chi connectivity index (χ1v) is 6.97. The van der Waals surface area contributed by atoms with Gasteiger partial charge in [0.25, 0.3) is 0 Å². The second-order valence-electron chi connectivity index (χ2n) is 5.57. The molecule has 0 unspecified atom stereocenters. The van der Waals surface area contributed by atoms with E-state index < -0.39 is 0 Å². The molecule has 2 heterocycles. The Morgan fingerprint density at radius 3 is 2.95 bits per heavy atom. The molecule has 1 N–H and O–H groups in total. The summed E-state index contributed by atoms with van der Waals surface area (Å²) < 4.78 is 7.34. The van der Waals surface area contributed by atoms with Crippen LogP contribution in [-0.4, -0.2) is 31.4 Å². The molecule has 0 saturated heterocycles. The highest BCUT2D eigenvalue weighted by Crippen LogP contribution is 2.36. The molecule has 1 aromatic carbocycles. The average molecular weight is 307 g/mol. The summed E-state index contributed by atoms with van der Waals surface area (Å²) in [5.74, 6) is 0.958. The molecular formula is C14H15ClN4O2. The third-order valence-electron chi connectivity index (χ3n) is 3.50. The Hall–Kier alpha value is -2.08. The third-order valence-corrected chi connectivity index (χ3v) is 3.82. The topological polar surface area (TPSA) is 72.5 Å². The Morgan fingerprint density at radius 2 is 2.29 bits per heavy atom. The minimum atomic E-state index is -0.220. The van der Waals surface area contributed by atoms with Gasteiger partial charge in [-0.3, -0.25) is 0 Å². The van der Waals surface area contributed by atoms with Crippen LogP contribution in [-0.2, 0) is 6.42 Å². The number of ether oxygens (including phenoxy) is 1. The summed E-state index contributed by atoms with van der Waals surface area (Å²) in [7, 11) is 0. The standard InChI is InChI=1S/C14H15ClN4O2/c1-14(2)4-3-9-5-11(15)10(6-12(9)21-14)13(18-20)19-8-16-7-17-19/h5-8,20H,3-4H2,1-2H3/b18-13+. The van der Waals surface area contributed by atoms with Crippen molar-refractivity contribution in [3.63, 3.8) is 0 Å². The summed E-state index contributed by atoms with van der Waals surface area (Å²) in [6.07, 6.45) is 4.63. The van der Waals surface area contributed by atoms with Crippen LogP contribution in [0.1, 0.15) is 31.4 Å². The summed E-state index contributed by atoms with van der Waals surface area (Å²) in [6.45, 7) is 4.09. The van der Waals surface area contributed by atoms with Crippen molar-refractivity contribution in [1.29, 1.82) is 0 Å². The fraction of sp³-hybridized carbons (Fsp3) is 0.357. The fourth-order valence-electron chi connectivity index (χ4n) is 2.38. The summed E-state index contributed by atoms with van der Waals surface area (Å²) in [6, 6.07) is 3.64. The van der Waals surface area contributed by atoms with Gasteiger partial charge in [-0.15, -0.1) is 0 Å². The number of oxime groups is 1. The number of fused-ring (bicyclic) bond motifs is 1. The molecule has 110 valence electrons. The first kappa shape index (κ1) is 13.9. The molecule has 1 aliphatic rings. The van der Waals surface area contributed by atoms with Gasteiger partial charge in [0.2, 0.25) is 5.84 Å². The number of rotatable bonds is 1. The van der Waals surface area contributed by atoms with Gasteiger partial charge in [0.15, 0.2) is 0 Å². The van der Waals surface area contributed by atoms with E-state index in [0.29, 0.717) is 10.6 Å². The van der Waals surface area contributed by atoms with Crippen LogP contribution < -0.4 is 4.74 Å². The summed E-state index contributed by atoms with van der Waals surface area (Å²) in [5.41, 5.74) is 1.38. The van der Waals surface area contributed by atoms with Crippen molar-refractivity contribution >= 4 is 17.4 Å². The van der Waals surface area contributed by atoms with Gasteiger partial charge in [-0.25, -0.2) is 4.98 Å². The lowest BCUT2D eigenvalue weighted by molar-refractivity contribution is 0.0847. The van der Waals surface area contributed by atoms with Crippen LogP contribution in [0, 0.1) is 0 Å². The van der Waals surface area contributed by atoms with Gasteiger partial charge in [-0.1, -0.05) is 16.8 Å². The largest absolute Gasteiger partial charge is 0.488 e. The van der Waals surface area contributed by atoms with E-state index in [2.05, 4.69) is 15.2 Å². The predicted octanol–water partition coefficient (Wildman–Crippen LogP) is 2.72. The van der Waals surface area contributed by atoms with Crippen LogP contribution >= 0.6 is 11.6 Å². The molecule has 0 bridgehead atoms. The van der Waals surface area contributed by atoms with Gasteiger partial charge < -0.3 is 9.94 Å². The van der Waals surface area contributed by atoms with Gasteiger partial charge in [0.1, 0.15) is 24.0 Å². The molecule has 3 rings (SSSR count). The van der Waals surface area contributed by atoms with E-state index in [1.807, 2.05) is 19.9 Å². The van der Waals surface area contributed by atoms with E-state index in [9.17, 15) is 5.21 Å². The number of benzene rings is 1. The number of aryl methyl sites for hydroxylation is 1. The Morgan fingerprint density at radius 1 is 1.48 bits per heavy atom. The Bertz CT molecular complexity index is 695. The van der Waals surface area contributed by atoms with Crippen molar-refractivity contribution in [2.45, 2.75) is 32.3 Å². The van der Waals surface area contributed by atoms with Crippen molar-refractivity contribution in [3.05, 3.63) is 40.9 Å². The average Bonchev–Trinajstić information content (AvgIpc) is 2.94. The molecule has 0 atom stereocenters. The predicted molar refractivity (Wildman–Crippen MR) is 78.2 cm³/mol. The van der Waals surface area contributed by atoms with Crippen LogP contribution in [0.4, 0.5) is 0 Å². The molecule has 0 saturated carbocycles. The monoisotopic (exact) mass is 306 g/mol. The maximum absolute atomic E-state index is 9.28. The summed E-state index contributed by atoms with van der Waals surface area (Å²) >= 11 is 6.31. The molecule has 0 aliphatic carbocycles. The van der Waals surface area contributed by atoms with E-state index in [1.165, 1.54) is 17.3 Å². The number of hydrogen-bond acceptors (Lipinski definition) is 5. The van der Waals surface area contributed by atoms with Crippen molar-refractivity contribution in [2.75, 3.05) is 0 Å². The van der Waals surface area contributed by atoms with Gasteiger partial charge in [-0.05, 0) is 44.4 Å². The first-order valence-electron chi connectivity index (χ1n) is 6.59. The van der Waals surface area contributed by atoms with Crippen molar-refractivity contribution in [3.8, 4) is 5.75 Å². The number of halogens is 1. The Labute approximate surface area is 127 Å². The van der Waals surface area contributed by atoms with Gasteiger partial charge >= 0.3 is 0 Å². The summed E-state index contributed by atoms with van der Waals surface area (Å²) in [5, 5.41) is 17.0. The lowest BCUT2D eigenvalue weighted by Gasteiger charge is -2.33. The van der Waals surface area contributed by atoms with Crippen LogP contribution in [0.3, 0.4) is 0 Å². The minimum Gasteiger partial charge on any atom is -0.488 e. The van der Waals surface area contributed by atoms with Crippen LogP contribution in [0.25, 0.3) is 0 Å². The normalized spacial score (nSPS) is 17.2. The van der Waals surface area contributed by atoms with Gasteiger partial charge in [0.05, 0.1) is 5.02 Å². The Kier molecular flexibility index (Phi) is 3.33. The minimum absolute atomic E-state index is 0.201. The number of hydrogen-bond donors (Lipinski definition) is 1. The Balaban J connectivity index is 2.08. The second-order valence-corrected chi connectivity index (χ2v) is 5.97. The van der Waals surface area contributed by atoms with E-state index >= 15 is 0 Å². The summed E-state index contributed by atoms with van der Waals surface area (Å²) in [4.78, 5) is 3.84. The first-order chi connectivity index (χ1) is 10.00. The zero-order valence-electron chi connectivity index (χ0n) is 11.7. The molecule has 6 nitrogen and oxygen atoms in total. The van der Waals surface area contributed by atoms with Crippen molar-refractivity contribution < 1.29 is 9.94 Å². The van der Waals surface area contributed by atoms with E-state index in [-0.39, 0.29) is 11.4 Å². The van der Waals surface area contributed by atoms with E-state index in [1.54, 1.807) is 6.07 Å². The molecule has 1 aromatic heterocycles. The lowest BCUT2D eigenvalue weighted by Crippen LogP contribution is -2.32. The van der Waals surface area contributed by atoms with Crippen LogP contribution in [0.15, 0.2) is 29.9 Å². The highest BCUT2D eigenvalue weighted by molar-refractivity contribution is 6.34. The molecule has 1 aliphatic heterocycles. The number of nitrogens with zero attached hydrogens (tertiary/aromatic N) is 4. The van der Waals surface area contributed by atoms with Crippen LogP contribution in [0.5, 0.6) is 5.75 Å². The maximum atomic E-state index is 9.28. The quantitative estimate of drug-likeness (QED) is 0.380. The molecule has 2 aromatic rings. The van der Waals surface area contributed by atoms with E-state index in [0.717, 1.165) is 24.2 Å². The maximum Gasteiger partial charge on any atom is 0.202 e. The highest BCUT2D eigenvalue weighted by atomic mass is 35.5. The SMILES string of the molecule is CC1(C)CCc2cc(Cl)c(/C(=N\O)n3cncn3)cc2O1. The van der Waals surface area contributed by atoms with Gasteiger partial charge in [0, 0.05) is 5.56 Å². The smallest absolute Gasteiger partial charge is 0.202 e. The van der Waals surface area contributed by atoms with Crippen molar-refractivity contribution in [2.24, 2.45) is 5.16 Å². The lowest BCUT2D eigenvalue weighted by atomic mass is 9.93. The zero-order chi connectivity index (χ0) is 15.0. The molecule has 21 heavy (non-hydrogen) atoms. The molecule has 7 heteroatoms. The molecule has 0 amide bonds. The highest BCUT2D eigenvalue weighted by Gasteiger charge is 2.28. The van der Waals surface area contributed by atoms with Crippen molar-refractivity contribution in [1.82, 2.24) is 14.8 Å². The fourth-order valence-corrected chi connectivity index (χ4v) is 2.65.